The summed E-state index contributed by atoms with van der Waals surface area (Å²) in [5.74, 6) is 25.2. The molecule has 8 aromatic carbocycles. The Morgan fingerprint density at radius 1 is 0.241 bits per heavy atom. The third-order valence-electron chi connectivity index (χ3n) is 7.16. The fourth-order valence-corrected chi connectivity index (χ4v) is 4.45. The maximum atomic E-state index is 3.16. The number of benzene rings is 4. The van der Waals surface area contributed by atoms with Crippen molar-refractivity contribution in [1.82, 2.24) is 0 Å². The number of hydrogen-bond donors (Lipinski definition) is 0. The zero-order chi connectivity index (χ0) is 35.7. The second-order valence-electron chi connectivity index (χ2n) is 11.2. The fourth-order valence-electron chi connectivity index (χ4n) is 4.45. The van der Waals surface area contributed by atoms with Crippen LogP contribution in [0.1, 0.15) is 44.5 Å². The Hall–Kier alpha value is -6.44. The molecule has 0 aliphatic carbocycles. The van der Waals surface area contributed by atoms with E-state index in [1.165, 1.54) is 0 Å². The number of rotatable bonds is 0. The minimum atomic E-state index is 0. The van der Waals surface area contributed by atoms with Crippen LogP contribution >= 0.6 is 0 Å². The smallest absolute Gasteiger partial charge is 0.214 e. The molecule has 0 radical (unpaired) electrons. The van der Waals surface area contributed by atoms with E-state index < -0.39 is 0 Å². The van der Waals surface area contributed by atoms with Gasteiger partial charge in [0, 0.05) is 33.4 Å². The summed E-state index contributed by atoms with van der Waals surface area (Å²) in [6.45, 7) is 0. The Balaban J connectivity index is 0.000000224. The first-order valence-corrected chi connectivity index (χ1v) is 17.0. The molecule has 0 nitrogen and oxygen atoms in total. The minimum absolute atomic E-state index is 0. The van der Waals surface area contributed by atoms with Crippen LogP contribution in [0.3, 0.4) is 0 Å². The summed E-state index contributed by atoms with van der Waals surface area (Å²) in [4.78, 5) is 0. The molecule has 8 rings (SSSR count). The molecule has 0 fully saturated rings. The van der Waals surface area contributed by atoms with Gasteiger partial charge in [0.05, 0.1) is 0 Å². The fraction of sp³-hybridized carbons (Fsp3) is 0. The monoisotopic (exact) mass is 772 g/mol. The summed E-state index contributed by atoms with van der Waals surface area (Å²) in [7, 11) is 0. The van der Waals surface area contributed by atoms with Gasteiger partial charge in [0.1, 0.15) is 0 Å². The van der Waals surface area contributed by atoms with Crippen LogP contribution < -0.4 is 0 Å². The van der Waals surface area contributed by atoms with E-state index in [2.05, 4.69) is 47.4 Å². The van der Waals surface area contributed by atoms with Gasteiger partial charge in [-0.3, -0.25) is 0 Å². The molecule has 0 amide bonds. The molecule has 0 saturated heterocycles. The molecule has 0 heterocycles. The van der Waals surface area contributed by atoms with Gasteiger partial charge >= 0.3 is 34.1 Å². The van der Waals surface area contributed by atoms with Gasteiger partial charge in [0.15, 0.2) is 0 Å². The van der Waals surface area contributed by atoms with Gasteiger partial charge in [-0.15, -0.1) is 35.1 Å². The molecule has 8 aromatic rings. The summed E-state index contributed by atoms with van der Waals surface area (Å²) < 4.78 is 0. The molecule has 0 saturated carbocycles. The maximum absolute atomic E-state index is 3.16. The van der Waals surface area contributed by atoms with Crippen LogP contribution in [-0.2, 0) is 34.1 Å². The average Bonchev–Trinajstić information content (AvgIpc) is 4.07. The van der Waals surface area contributed by atoms with Gasteiger partial charge in [-0.1, -0.05) is 60.1 Å². The normalized spacial score (nSPS) is 8.59. The zero-order valence-electron chi connectivity index (χ0n) is 29.5. The van der Waals surface area contributed by atoms with Crippen molar-refractivity contribution in [3.05, 3.63) is 263 Å². The van der Waals surface area contributed by atoms with Crippen molar-refractivity contribution >= 4 is 0 Å². The van der Waals surface area contributed by atoms with Crippen molar-refractivity contribution in [1.29, 1.82) is 0 Å². The molecule has 0 aliphatic heterocycles. The predicted molar refractivity (Wildman–Crippen MR) is 218 cm³/mol. The van der Waals surface area contributed by atoms with Gasteiger partial charge in [-0.2, -0.15) is 84.6 Å². The predicted octanol–water partition coefficient (Wildman–Crippen LogP) is 11.2. The van der Waals surface area contributed by atoms with E-state index in [0.29, 0.717) is 0 Å². The molecule has 0 atom stereocenters. The third kappa shape index (κ3) is 16.7. The first kappa shape index (κ1) is 42.0. The van der Waals surface area contributed by atoms with Crippen molar-refractivity contribution in [2.75, 3.05) is 0 Å². The molecule has 0 aromatic heterocycles. The van der Waals surface area contributed by atoms with Crippen LogP contribution in [0.25, 0.3) is 0 Å². The molecule has 0 unspecified atom stereocenters. The maximum Gasteiger partial charge on any atom is 2.00 e. The van der Waals surface area contributed by atoms with Gasteiger partial charge < -0.3 is 0 Å². The molecule has 260 valence electrons. The van der Waals surface area contributed by atoms with Crippen LogP contribution in [0.15, 0.2) is 218 Å². The first-order valence-electron chi connectivity index (χ1n) is 17.0. The molecular formula is C52H36Fe2. The van der Waals surface area contributed by atoms with Crippen LogP contribution in [0.5, 0.6) is 0 Å². The van der Waals surface area contributed by atoms with Crippen molar-refractivity contribution in [3.8, 4) is 47.4 Å². The second kappa shape index (κ2) is 25.5. The van der Waals surface area contributed by atoms with Crippen LogP contribution in [-0.4, -0.2) is 0 Å². The van der Waals surface area contributed by atoms with E-state index >= 15 is 0 Å². The van der Waals surface area contributed by atoms with E-state index in [-0.39, 0.29) is 34.1 Å². The summed E-state index contributed by atoms with van der Waals surface area (Å²) >= 11 is 0. The summed E-state index contributed by atoms with van der Waals surface area (Å²) in [6, 6.07) is 72.0. The number of hydrogen-bond acceptors (Lipinski definition) is 0. The van der Waals surface area contributed by atoms with E-state index in [0.717, 1.165) is 44.5 Å². The quantitative estimate of drug-likeness (QED) is 0.0818. The van der Waals surface area contributed by atoms with Gasteiger partial charge in [0.25, 0.3) is 0 Å². The Kier molecular flexibility index (Phi) is 19.8. The van der Waals surface area contributed by atoms with E-state index in [1.54, 1.807) is 0 Å². The van der Waals surface area contributed by atoms with Crippen LogP contribution in [0.2, 0.25) is 0 Å². The molecule has 0 spiro atoms. The molecule has 0 N–H and O–H groups in total. The topological polar surface area (TPSA) is 0 Å². The third-order valence-corrected chi connectivity index (χ3v) is 7.16. The molecule has 0 aliphatic rings. The van der Waals surface area contributed by atoms with Crippen LogP contribution in [0, 0.1) is 47.4 Å². The second-order valence-corrected chi connectivity index (χ2v) is 11.2. The van der Waals surface area contributed by atoms with E-state index in [4.69, 9.17) is 0 Å². The standard InChI is InChI=1S/2C21H13.2C5H5.2Fe/c2*1-2-6-18(7-3-1)10-12-20-14-16-21(17-15-20)13-11-19-8-4-5-9-19;2*1-2-4-5-3-1;;/h2*1-9,14-17H;2*1-5H;;/q4*-1;2*+2. The SMILES string of the molecule is C(#Cc1ccc(C#Cc2ccc[cH-]2)cc1)c1ccccc1.C(#Cc1ccc(C#Cc2ccc[cH-]2)cc1)c1ccccc1.[Fe+2].[Fe+2].c1cc[cH-]c1.c1cc[cH-]c1. The van der Waals surface area contributed by atoms with Crippen molar-refractivity contribution in [2.24, 2.45) is 0 Å². The van der Waals surface area contributed by atoms with Crippen molar-refractivity contribution in [2.45, 2.75) is 0 Å². The molecule has 0 bridgehead atoms. The Morgan fingerprint density at radius 3 is 0.759 bits per heavy atom. The Morgan fingerprint density at radius 2 is 0.519 bits per heavy atom. The van der Waals surface area contributed by atoms with Gasteiger partial charge in [0.2, 0.25) is 0 Å². The molecule has 2 heteroatoms. The molecule has 54 heavy (non-hydrogen) atoms. The van der Waals surface area contributed by atoms with Crippen molar-refractivity contribution < 1.29 is 34.1 Å². The van der Waals surface area contributed by atoms with E-state index in [9.17, 15) is 0 Å². The molecular weight excluding hydrogens is 736 g/mol. The summed E-state index contributed by atoms with van der Waals surface area (Å²) in [5.41, 5.74) is 8.14. The summed E-state index contributed by atoms with van der Waals surface area (Å²) in [5, 5.41) is 0. The largest absolute Gasteiger partial charge is 2.00 e. The van der Waals surface area contributed by atoms with E-state index in [1.807, 2.05) is 218 Å². The average molecular weight is 773 g/mol. The van der Waals surface area contributed by atoms with Crippen LogP contribution in [0.4, 0.5) is 0 Å². The Labute approximate surface area is 342 Å². The zero-order valence-corrected chi connectivity index (χ0v) is 31.7. The van der Waals surface area contributed by atoms with Gasteiger partial charge in [-0.25, -0.2) is 24.3 Å². The first-order chi connectivity index (χ1) is 25.8. The minimum Gasteiger partial charge on any atom is -0.214 e. The van der Waals surface area contributed by atoms with Crippen molar-refractivity contribution in [3.63, 3.8) is 0 Å². The van der Waals surface area contributed by atoms with Gasteiger partial charge in [-0.05, 0) is 72.8 Å². The Bertz CT molecular complexity index is 2140. The summed E-state index contributed by atoms with van der Waals surface area (Å²) in [6.07, 6.45) is 0.